The Bertz CT molecular complexity index is 555. The zero-order valence-corrected chi connectivity index (χ0v) is 12.0. The Morgan fingerprint density at radius 2 is 2.35 bits per heavy atom. The number of hydrogen-bond donors (Lipinski definition) is 1. The number of nitrogens with zero attached hydrogens (tertiary/aromatic N) is 2. The molecule has 1 aromatic heterocycles. The molecule has 2 unspecified atom stereocenters. The van der Waals surface area contributed by atoms with Crippen LogP contribution in [0.2, 0.25) is 0 Å². The SMILES string of the molecule is CC(C(=O)NCC1CCCO1)S(=O)(=O)c1cnccn1. The summed E-state index contributed by atoms with van der Waals surface area (Å²) in [6.07, 6.45) is 5.62. The smallest absolute Gasteiger partial charge is 0.238 e. The van der Waals surface area contributed by atoms with E-state index in [2.05, 4.69) is 15.3 Å². The quantitative estimate of drug-likeness (QED) is 0.817. The van der Waals surface area contributed by atoms with Gasteiger partial charge in [-0.15, -0.1) is 0 Å². The number of carbonyl (C=O) groups excluding carboxylic acids is 1. The summed E-state index contributed by atoms with van der Waals surface area (Å²) in [5.74, 6) is -0.550. The van der Waals surface area contributed by atoms with Crippen LogP contribution in [0.15, 0.2) is 23.6 Å². The molecule has 1 amide bonds. The average molecular weight is 299 g/mol. The van der Waals surface area contributed by atoms with Crippen LogP contribution in [0.5, 0.6) is 0 Å². The standard InChI is InChI=1S/C12H17N3O4S/c1-9(12(16)15-7-10-3-2-6-19-10)20(17,18)11-8-13-4-5-14-11/h4-5,8-10H,2-3,6-7H2,1H3,(H,15,16). The summed E-state index contributed by atoms with van der Waals surface area (Å²) in [6, 6.07) is 0. The summed E-state index contributed by atoms with van der Waals surface area (Å²) in [6.45, 7) is 2.36. The molecule has 0 radical (unpaired) electrons. The van der Waals surface area contributed by atoms with Crippen LogP contribution >= 0.6 is 0 Å². The highest BCUT2D eigenvalue weighted by atomic mass is 32.2. The third-order valence-electron chi connectivity index (χ3n) is 3.19. The molecule has 7 nitrogen and oxygen atoms in total. The largest absolute Gasteiger partial charge is 0.376 e. The highest BCUT2D eigenvalue weighted by molar-refractivity contribution is 7.92. The lowest BCUT2D eigenvalue weighted by atomic mass is 10.2. The maximum Gasteiger partial charge on any atom is 0.238 e. The van der Waals surface area contributed by atoms with E-state index in [-0.39, 0.29) is 11.1 Å². The predicted octanol–water partition coefficient (Wildman–Crippen LogP) is -0.0660. The van der Waals surface area contributed by atoms with Crippen molar-refractivity contribution in [3.8, 4) is 0 Å². The molecule has 1 aliphatic heterocycles. The van der Waals surface area contributed by atoms with Crippen molar-refractivity contribution in [2.45, 2.75) is 36.1 Å². The zero-order chi connectivity index (χ0) is 14.6. The third kappa shape index (κ3) is 3.31. The van der Waals surface area contributed by atoms with Crippen LogP contribution in [0.3, 0.4) is 0 Å². The van der Waals surface area contributed by atoms with Crippen molar-refractivity contribution in [3.05, 3.63) is 18.6 Å². The Labute approximate surface area is 117 Å². The molecule has 0 spiro atoms. The Morgan fingerprint density at radius 3 is 2.95 bits per heavy atom. The minimum Gasteiger partial charge on any atom is -0.376 e. The van der Waals surface area contributed by atoms with Gasteiger partial charge in [0.15, 0.2) is 5.03 Å². The van der Waals surface area contributed by atoms with Gasteiger partial charge >= 0.3 is 0 Å². The first kappa shape index (κ1) is 14.9. The van der Waals surface area contributed by atoms with Gasteiger partial charge in [0, 0.05) is 25.5 Å². The molecule has 110 valence electrons. The number of ether oxygens (including phenoxy) is 1. The highest BCUT2D eigenvalue weighted by Crippen LogP contribution is 2.13. The van der Waals surface area contributed by atoms with Crippen LogP contribution < -0.4 is 5.32 Å². The Kier molecular flexibility index (Phi) is 4.66. The molecule has 8 heteroatoms. The van der Waals surface area contributed by atoms with E-state index < -0.39 is 21.0 Å². The molecule has 2 heterocycles. The molecule has 20 heavy (non-hydrogen) atoms. The number of aromatic nitrogens is 2. The topological polar surface area (TPSA) is 98.2 Å². The second kappa shape index (κ2) is 6.27. The number of sulfone groups is 1. The minimum absolute atomic E-state index is 0.0228. The molecule has 0 aliphatic carbocycles. The molecule has 0 saturated carbocycles. The minimum atomic E-state index is -3.81. The van der Waals surface area contributed by atoms with Gasteiger partial charge in [-0.1, -0.05) is 0 Å². The number of rotatable bonds is 5. The van der Waals surface area contributed by atoms with Gasteiger partial charge < -0.3 is 10.1 Å². The fourth-order valence-electron chi connectivity index (χ4n) is 1.92. The van der Waals surface area contributed by atoms with Crippen molar-refractivity contribution in [1.82, 2.24) is 15.3 Å². The first-order valence-electron chi connectivity index (χ1n) is 6.41. The molecule has 1 aliphatic rings. The molecule has 2 rings (SSSR count). The van der Waals surface area contributed by atoms with Gasteiger partial charge in [0.2, 0.25) is 15.7 Å². The van der Waals surface area contributed by atoms with Gasteiger partial charge in [-0.2, -0.15) is 0 Å². The van der Waals surface area contributed by atoms with E-state index >= 15 is 0 Å². The van der Waals surface area contributed by atoms with Crippen molar-refractivity contribution in [3.63, 3.8) is 0 Å². The van der Waals surface area contributed by atoms with E-state index in [1.54, 1.807) is 0 Å². The molecular formula is C12H17N3O4S. The number of hydrogen-bond acceptors (Lipinski definition) is 6. The van der Waals surface area contributed by atoms with E-state index in [1.165, 1.54) is 19.3 Å². The molecule has 1 saturated heterocycles. The fourth-order valence-corrected chi connectivity index (χ4v) is 3.06. The van der Waals surface area contributed by atoms with Gasteiger partial charge in [0.25, 0.3) is 0 Å². The average Bonchev–Trinajstić information content (AvgIpc) is 2.98. The summed E-state index contributed by atoms with van der Waals surface area (Å²) in [4.78, 5) is 19.4. The molecule has 1 fully saturated rings. The van der Waals surface area contributed by atoms with Crippen molar-refractivity contribution >= 4 is 15.7 Å². The van der Waals surface area contributed by atoms with Crippen LogP contribution in [0, 0.1) is 0 Å². The molecule has 1 aromatic rings. The van der Waals surface area contributed by atoms with Gasteiger partial charge in [0.1, 0.15) is 5.25 Å². The number of carbonyl (C=O) groups is 1. The number of amides is 1. The van der Waals surface area contributed by atoms with Crippen LogP contribution in [0.1, 0.15) is 19.8 Å². The first-order valence-corrected chi connectivity index (χ1v) is 7.95. The molecule has 0 aromatic carbocycles. The van der Waals surface area contributed by atoms with Gasteiger partial charge in [-0.3, -0.25) is 9.78 Å². The lowest BCUT2D eigenvalue weighted by Crippen LogP contribution is -2.41. The lowest BCUT2D eigenvalue weighted by Gasteiger charge is -2.15. The Balaban J connectivity index is 1.98. The molecule has 1 N–H and O–H groups in total. The van der Waals surface area contributed by atoms with Crippen LogP contribution in [-0.2, 0) is 19.4 Å². The molecular weight excluding hydrogens is 282 g/mol. The summed E-state index contributed by atoms with van der Waals surface area (Å²) in [5.41, 5.74) is 0. The lowest BCUT2D eigenvalue weighted by molar-refractivity contribution is -0.120. The maximum absolute atomic E-state index is 12.2. The van der Waals surface area contributed by atoms with E-state index in [1.807, 2.05) is 0 Å². The normalized spacial score (nSPS) is 20.6. The Hall–Kier alpha value is -1.54. The van der Waals surface area contributed by atoms with Crippen molar-refractivity contribution in [1.29, 1.82) is 0 Å². The second-order valence-electron chi connectivity index (χ2n) is 4.61. The van der Waals surface area contributed by atoms with Crippen LogP contribution in [-0.4, -0.2) is 48.8 Å². The summed E-state index contributed by atoms with van der Waals surface area (Å²) >= 11 is 0. The molecule has 0 bridgehead atoms. The van der Waals surface area contributed by atoms with E-state index in [0.29, 0.717) is 13.2 Å². The van der Waals surface area contributed by atoms with Crippen LogP contribution in [0.4, 0.5) is 0 Å². The monoisotopic (exact) mass is 299 g/mol. The predicted molar refractivity (Wildman–Crippen MR) is 70.7 cm³/mol. The first-order chi connectivity index (χ1) is 9.51. The number of nitrogens with one attached hydrogen (secondary N) is 1. The van der Waals surface area contributed by atoms with Crippen molar-refractivity contribution < 1.29 is 17.9 Å². The van der Waals surface area contributed by atoms with Crippen LogP contribution in [0.25, 0.3) is 0 Å². The summed E-state index contributed by atoms with van der Waals surface area (Å²) in [5, 5.41) is 1.21. The fraction of sp³-hybridized carbons (Fsp3) is 0.583. The Morgan fingerprint density at radius 1 is 1.55 bits per heavy atom. The van der Waals surface area contributed by atoms with E-state index in [9.17, 15) is 13.2 Å². The van der Waals surface area contributed by atoms with Gasteiger partial charge in [0.05, 0.1) is 12.3 Å². The van der Waals surface area contributed by atoms with Crippen molar-refractivity contribution in [2.24, 2.45) is 0 Å². The van der Waals surface area contributed by atoms with Gasteiger partial charge in [-0.05, 0) is 19.8 Å². The van der Waals surface area contributed by atoms with E-state index in [4.69, 9.17) is 4.74 Å². The maximum atomic E-state index is 12.2. The third-order valence-corrected chi connectivity index (χ3v) is 5.13. The van der Waals surface area contributed by atoms with Crippen molar-refractivity contribution in [2.75, 3.05) is 13.2 Å². The molecule has 2 atom stereocenters. The summed E-state index contributed by atoms with van der Waals surface area (Å²) in [7, 11) is -3.81. The highest BCUT2D eigenvalue weighted by Gasteiger charge is 2.31. The summed E-state index contributed by atoms with van der Waals surface area (Å²) < 4.78 is 29.7. The zero-order valence-electron chi connectivity index (χ0n) is 11.2. The van der Waals surface area contributed by atoms with Gasteiger partial charge in [-0.25, -0.2) is 13.4 Å². The van der Waals surface area contributed by atoms with E-state index in [0.717, 1.165) is 19.0 Å². The second-order valence-corrected chi connectivity index (χ2v) is 6.83.